The van der Waals surface area contributed by atoms with Crippen LogP contribution in [0.15, 0.2) is 60.7 Å². The summed E-state index contributed by atoms with van der Waals surface area (Å²) in [5, 5.41) is 10.5. The molecular formula is C27H40N2O6Si. The first-order chi connectivity index (χ1) is 17.0. The van der Waals surface area contributed by atoms with Gasteiger partial charge >= 0.3 is 0 Å². The van der Waals surface area contributed by atoms with Crippen LogP contribution in [0.5, 0.6) is 0 Å². The molecule has 0 fully saturated rings. The van der Waals surface area contributed by atoms with Crippen molar-refractivity contribution < 1.29 is 28.8 Å². The summed E-state index contributed by atoms with van der Waals surface area (Å²) in [6.07, 6.45) is -1.61. The number of benzene rings is 2. The first-order valence-corrected chi connectivity index (χ1v) is 15.1. The van der Waals surface area contributed by atoms with Crippen molar-refractivity contribution in [3.8, 4) is 0 Å². The number of carbonyl (C=O) groups is 2. The average molecular weight is 517 g/mol. The van der Waals surface area contributed by atoms with Crippen LogP contribution in [-0.2, 0) is 36.9 Å². The van der Waals surface area contributed by atoms with Crippen LogP contribution in [-0.4, -0.2) is 37.4 Å². The first kappa shape index (κ1) is 29.7. The predicted octanol–water partition coefficient (Wildman–Crippen LogP) is 4.40. The van der Waals surface area contributed by atoms with E-state index in [2.05, 4.69) is 44.8 Å². The third-order valence-corrected chi connectivity index (χ3v) is 10.7. The van der Waals surface area contributed by atoms with Gasteiger partial charge < -0.3 is 9.53 Å². The Morgan fingerprint density at radius 2 is 1.28 bits per heavy atom. The minimum absolute atomic E-state index is 0.00445. The molecule has 2 amide bonds. The number of hydroxylamine groups is 2. The standard InChI is InChI=1S/C27H40N2O6Si/c1-27(2,3)36(4,5)35-24(18-26(32)29-34-20-22-14-10-7-11-15-22)16-23(30)17-25(31)28-33-19-21-12-8-6-9-13-21/h6-15,23-24,30H,16-20H2,1-5H3,(H,28,31)(H,29,32). The van der Waals surface area contributed by atoms with Crippen LogP contribution in [0.2, 0.25) is 18.1 Å². The molecule has 0 radical (unpaired) electrons. The van der Waals surface area contributed by atoms with Crippen LogP contribution >= 0.6 is 0 Å². The molecule has 2 unspecified atom stereocenters. The van der Waals surface area contributed by atoms with Gasteiger partial charge in [-0.15, -0.1) is 0 Å². The summed E-state index contributed by atoms with van der Waals surface area (Å²) in [5.41, 5.74) is 6.67. The van der Waals surface area contributed by atoms with Crippen molar-refractivity contribution in [2.45, 2.75) is 83.6 Å². The number of nitrogens with one attached hydrogen (secondary N) is 2. The molecular weight excluding hydrogens is 476 g/mol. The highest BCUT2D eigenvalue weighted by molar-refractivity contribution is 6.74. The molecule has 36 heavy (non-hydrogen) atoms. The van der Waals surface area contributed by atoms with E-state index in [4.69, 9.17) is 14.1 Å². The van der Waals surface area contributed by atoms with Gasteiger partial charge in [0.1, 0.15) is 0 Å². The topological polar surface area (TPSA) is 106 Å². The Morgan fingerprint density at radius 1 is 0.833 bits per heavy atom. The molecule has 2 atom stereocenters. The quantitative estimate of drug-likeness (QED) is 0.254. The van der Waals surface area contributed by atoms with Crippen LogP contribution < -0.4 is 11.0 Å². The van der Waals surface area contributed by atoms with E-state index in [1.807, 2.05) is 60.7 Å². The fourth-order valence-corrected chi connectivity index (χ4v) is 4.57. The maximum Gasteiger partial charge on any atom is 0.246 e. The zero-order valence-corrected chi connectivity index (χ0v) is 23.0. The highest BCUT2D eigenvalue weighted by Gasteiger charge is 2.40. The van der Waals surface area contributed by atoms with E-state index in [9.17, 15) is 14.7 Å². The van der Waals surface area contributed by atoms with Gasteiger partial charge in [0.15, 0.2) is 8.32 Å². The van der Waals surface area contributed by atoms with Crippen molar-refractivity contribution in [1.82, 2.24) is 11.0 Å². The Morgan fingerprint density at radius 3 is 1.72 bits per heavy atom. The SMILES string of the molecule is CC(C)(C)[Si](C)(C)OC(CC(=O)NOCc1ccccc1)CC(O)CC(=O)NOCc1ccccc1. The molecule has 0 saturated carbocycles. The third kappa shape index (κ3) is 11.0. The summed E-state index contributed by atoms with van der Waals surface area (Å²) in [6, 6.07) is 19.0. The summed E-state index contributed by atoms with van der Waals surface area (Å²) in [5.74, 6) is -0.794. The molecule has 0 heterocycles. The second kappa shape index (κ2) is 14.2. The van der Waals surface area contributed by atoms with Crippen LogP contribution in [0.1, 0.15) is 51.2 Å². The Bertz CT molecular complexity index is 934. The smallest absolute Gasteiger partial charge is 0.246 e. The summed E-state index contributed by atoms with van der Waals surface area (Å²) >= 11 is 0. The van der Waals surface area contributed by atoms with Crippen LogP contribution in [0.25, 0.3) is 0 Å². The number of carbonyl (C=O) groups excluding carboxylic acids is 2. The lowest BCUT2D eigenvalue weighted by atomic mass is 10.1. The number of aliphatic hydroxyl groups is 1. The zero-order chi connectivity index (χ0) is 26.6. The van der Waals surface area contributed by atoms with E-state index < -0.39 is 26.4 Å². The lowest BCUT2D eigenvalue weighted by Crippen LogP contribution is -2.46. The summed E-state index contributed by atoms with van der Waals surface area (Å²) in [4.78, 5) is 35.4. The predicted molar refractivity (Wildman–Crippen MR) is 141 cm³/mol. The molecule has 0 spiro atoms. The molecule has 2 aromatic rings. The maximum atomic E-state index is 12.6. The van der Waals surface area contributed by atoms with Crippen LogP contribution in [0.4, 0.5) is 0 Å². The fraction of sp³-hybridized carbons (Fsp3) is 0.481. The summed E-state index contributed by atoms with van der Waals surface area (Å²) in [6.45, 7) is 10.9. The van der Waals surface area contributed by atoms with Gasteiger partial charge in [-0.25, -0.2) is 11.0 Å². The molecule has 8 nitrogen and oxygen atoms in total. The van der Waals surface area contributed by atoms with E-state index in [1.165, 1.54) is 0 Å². The molecule has 0 aliphatic carbocycles. The second-order valence-corrected chi connectivity index (χ2v) is 15.2. The lowest BCUT2D eigenvalue weighted by Gasteiger charge is -2.39. The largest absolute Gasteiger partial charge is 0.413 e. The normalized spacial score (nSPS) is 13.6. The number of amides is 2. The summed E-state index contributed by atoms with van der Waals surface area (Å²) in [7, 11) is -2.24. The monoisotopic (exact) mass is 516 g/mol. The van der Waals surface area contributed by atoms with Gasteiger partial charge in [-0.2, -0.15) is 0 Å². The highest BCUT2D eigenvalue weighted by atomic mass is 28.4. The second-order valence-electron chi connectivity index (χ2n) is 10.4. The Labute approximate surface area is 215 Å². The number of aliphatic hydroxyl groups excluding tert-OH is 1. The van der Waals surface area contributed by atoms with E-state index in [1.54, 1.807) is 0 Å². The van der Waals surface area contributed by atoms with Crippen molar-refractivity contribution >= 4 is 20.1 Å². The molecule has 9 heteroatoms. The van der Waals surface area contributed by atoms with Gasteiger partial charge in [0, 0.05) is 0 Å². The molecule has 0 aliphatic rings. The van der Waals surface area contributed by atoms with E-state index >= 15 is 0 Å². The van der Waals surface area contributed by atoms with Gasteiger partial charge in [0.05, 0.1) is 38.3 Å². The van der Waals surface area contributed by atoms with Crippen molar-refractivity contribution in [2.75, 3.05) is 0 Å². The Hall–Kier alpha value is -2.56. The van der Waals surface area contributed by atoms with Gasteiger partial charge in [-0.1, -0.05) is 81.4 Å². The highest BCUT2D eigenvalue weighted by Crippen LogP contribution is 2.38. The van der Waals surface area contributed by atoms with Crippen LogP contribution in [0.3, 0.4) is 0 Å². The number of rotatable bonds is 14. The molecule has 0 aromatic heterocycles. The molecule has 0 bridgehead atoms. The summed E-state index contributed by atoms with van der Waals surface area (Å²) < 4.78 is 6.43. The minimum Gasteiger partial charge on any atom is -0.413 e. The van der Waals surface area contributed by atoms with Gasteiger partial charge in [-0.05, 0) is 35.7 Å². The van der Waals surface area contributed by atoms with E-state index in [0.717, 1.165) is 11.1 Å². The van der Waals surface area contributed by atoms with Crippen molar-refractivity contribution in [1.29, 1.82) is 0 Å². The van der Waals surface area contributed by atoms with Crippen molar-refractivity contribution in [2.24, 2.45) is 0 Å². The van der Waals surface area contributed by atoms with Crippen molar-refractivity contribution in [3.05, 3.63) is 71.8 Å². The van der Waals surface area contributed by atoms with Gasteiger partial charge in [0.25, 0.3) is 0 Å². The molecule has 3 N–H and O–H groups in total. The van der Waals surface area contributed by atoms with E-state index in [-0.39, 0.29) is 43.4 Å². The fourth-order valence-electron chi connectivity index (χ4n) is 3.21. The lowest BCUT2D eigenvalue weighted by molar-refractivity contribution is -0.137. The number of hydrogen-bond donors (Lipinski definition) is 3. The first-order valence-electron chi connectivity index (χ1n) is 12.2. The van der Waals surface area contributed by atoms with Gasteiger partial charge in [-0.3, -0.25) is 19.3 Å². The minimum atomic E-state index is -2.24. The van der Waals surface area contributed by atoms with Gasteiger partial charge in [0.2, 0.25) is 11.8 Å². The molecule has 0 aliphatic heterocycles. The van der Waals surface area contributed by atoms with Crippen LogP contribution in [0, 0.1) is 0 Å². The average Bonchev–Trinajstić information content (AvgIpc) is 2.79. The molecule has 0 saturated heterocycles. The van der Waals surface area contributed by atoms with E-state index in [0.29, 0.717) is 0 Å². The Kier molecular flexibility index (Phi) is 11.7. The third-order valence-electron chi connectivity index (χ3n) is 6.17. The Balaban J connectivity index is 1.87. The number of hydrogen-bond acceptors (Lipinski definition) is 6. The zero-order valence-electron chi connectivity index (χ0n) is 22.0. The molecule has 198 valence electrons. The van der Waals surface area contributed by atoms with Crippen molar-refractivity contribution in [3.63, 3.8) is 0 Å². The molecule has 2 rings (SSSR count). The maximum absolute atomic E-state index is 12.6. The molecule has 2 aromatic carbocycles.